The van der Waals surface area contributed by atoms with Gasteiger partial charge in [0.15, 0.2) is 0 Å². The van der Waals surface area contributed by atoms with Crippen LogP contribution in [-0.2, 0) is 19.2 Å². The molecule has 0 heterocycles. The molecule has 112 valence electrons. The van der Waals surface area contributed by atoms with Crippen molar-refractivity contribution in [2.45, 2.75) is 39.4 Å². The molecule has 21 heavy (non-hydrogen) atoms. The molecule has 8 heteroatoms. The first kappa shape index (κ1) is 18.5. The molecule has 0 spiro atoms. The fourth-order valence-electron chi connectivity index (χ4n) is 2.16. The highest BCUT2D eigenvalue weighted by atomic mass is 16.1. The van der Waals surface area contributed by atoms with Gasteiger partial charge in [0.05, 0.1) is 6.54 Å². The van der Waals surface area contributed by atoms with Crippen LogP contribution in [0.1, 0.15) is 33.6 Å². The van der Waals surface area contributed by atoms with Gasteiger partial charge in [-0.15, -0.1) is 15.0 Å². The van der Waals surface area contributed by atoms with Gasteiger partial charge in [0.2, 0.25) is 24.3 Å². The van der Waals surface area contributed by atoms with Crippen LogP contribution in [0.5, 0.6) is 0 Å². The lowest BCUT2D eigenvalue weighted by Crippen LogP contribution is -2.41. The van der Waals surface area contributed by atoms with Crippen LogP contribution in [0.15, 0.2) is 20.0 Å². The Kier molecular flexibility index (Phi) is 7.62. The first-order valence-electron chi connectivity index (χ1n) is 6.20. The quantitative estimate of drug-likeness (QED) is 0.471. The first-order chi connectivity index (χ1) is 9.89. The average molecular weight is 292 g/mol. The molecule has 8 nitrogen and oxygen atoms in total. The maximum atomic E-state index is 10.6. The van der Waals surface area contributed by atoms with Gasteiger partial charge in [-0.2, -0.15) is 0 Å². The Balaban J connectivity index is 5.44. The lowest BCUT2D eigenvalue weighted by Gasteiger charge is -2.35. The zero-order chi connectivity index (χ0) is 16.4. The van der Waals surface area contributed by atoms with E-state index >= 15 is 0 Å². The SMILES string of the molecule is CC(CCN=C=O)CC(C)(C)C(N=C=O)(N=C=O)N=C=O. The molecule has 0 bridgehead atoms. The average Bonchev–Trinajstić information content (AvgIpc) is 2.39. The molecule has 0 radical (unpaired) electrons. The molecule has 0 aromatic carbocycles. The molecule has 0 aliphatic rings. The van der Waals surface area contributed by atoms with Gasteiger partial charge in [-0.25, -0.2) is 24.2 Å². The molecule has 0 N–H and O–H groups in total. The number of carbonyl (C=O) groups excluding carboxylic acids is 4. The Morgan fingerprint density at radius 3 is 1.76 bits per heavy atom. The van der Waals surface area contributed by atoms with Crippen molar-refractivity contribution in [3.63, 3.8) is 0 Å². The van der Waals surface area contributed by atoms with Gasteiger partial charge in [-0.1, -0.05) is 20.8 Å². The van der Waals surface area contributed by atoms with Crippen LogP contribution in [0.2, 0.25) is 0 Å². The van der Waals surface area contributed by atoms with Crippen molar-refractivity contribution >= 4 is 24.3 Å². The van der Waals surface area contributed by atoms with E-state index in [-0.39, 0.29) is 5.92 Å². The van der Waals surface area contributed by atoms with Gasteiger partial charge in [0.25, 0.3) is 5.79 Å². The van der Waals surface area contributed by atoms with E-state index in [1.54, 1.807) is 13.8 Å². The standard InChI is InChI=1S/C13H16N4O4/c1-11(4-5-14-7-18)6-12(2,3)13(15-8-19,16-9-20)17-10-21/h11H,4-6H2,1-3H3. The minimum absolute atomic E-state index is 0.0435. The van der Waals surface area contributed by atoms with Crippen molar-refractivity contribution in [2.24, 2.45) is 31.3 Å². The maximum absolute atomic E-state index is 10.6. The topological polar surface area (TPSA) is 118 Å². The highest BCUT2D eigenvalue weighted by Crippen LogP contribution is 2.42. The highest BCUT2D eigenvalue weighted by molar-refractivity contribution is 5.43. The van der Waals surface area contributed by atoms with E-state index in [0.29, 0.717) is 19.4 Å². The molecule has 0 saturated carbocycles. The van der Waals surface area contributed by atoms with Gasteiger partial charge in [-0.05, 0) is 18.8 Å². The predicted octanol–water partition coefficient (Wildman–Crippen LogP) is 1.43. The Hall–Kier alpha value is -2.48. The molecular formula is C13H16N4O4. The van der Waals surface area contributed by atoms with E-state index < -0.39 is 11.2 Å². The van der Waals surface area contributed by atoms with E-state index in [0.717, 1.165) is 0 Å². The summed E-state index contributed by atoms with van der Waals surface area (Å²) in [6.45, 7) is 5.48. The predicted molar refractivity (Wildman–Crippen MR) is 72.3 cm³/mol. The molecule has 1 unspecified atom stereocenters. The highest BCUT2D eigenvalue weighted by Gasteiger charge is 2.47. The third kappa shape index (κ3) is 5.19. The van der Waals surface area contributed by atoms with Crippen LogP contribution in [0.25, 0.3) is 0 Å². The zero-order valence-electron chi connectivity index (χ0n) is 12.1. The Labute approximate surface area is 121 Å². The molecule has 0 aromatic heterocycles. The number of rotatable bonds is 9. The Morgan fingerprint density at radius 1 is 0.905 bits per heavy atom. The summed E-state index contributed by atoms with van der Waals surface area (Å²) in [5.41, 5.74) is -0.941. The molecule has 0 rings (SSSR count). The minimum Gasteiger partial charge on any atom is -0.211 e. The summed E-state index contributed by atoms with van der Waals surface area (Å²) < 4.78 is 0. The fraction of sp³-hybridized carbons (Fsp3) is 0.692. The van der Waals surface area contributed by atoms with Crippen LogP contribution in [0, 0.1) is 11.3 Å². The van der Waals surface area contributed by atoms with E-state index in [9.17, 15) is 19.2 Å². The molecule has 0 aromatic rings. The Morgan fingerprint density at radius 2 is 1.38 bits per heavy atom. The lowest BCUT2D eigenvalue weighted by atomic mass is 9.76. The van der Waals surface area contributed by atoms with E-state index in [4.69, 9.17) is 0 Å². The van der Waals surface area contributed by atoms with Crippen molar-refractivity contribution in [1.82, 2.24) is 0 Å². The monoisotopic (exact) mass is 292 g/mol. The van der Waals surface area contributed by atoms with Gasteiger partial charge in [0.1, 0.15) is 0 Å². The summed E-state index contributed by atoms with van der Waals surface area (Å²) in [6, 6.07) is 0. The number of hydrogen-bond donors (Lipinski definition) is 0. The third-order valence-corrected chi connectivity index (χ3v) is 3.17. The number of hydrogen-bond acceptors (Lipinski definition) is 8. The van der Waals surface area contributed by atoms with Gasteiger partial charge >= 0.3 is 0 Å². The van der Waals surface area contributed by atoms with Crippen molar-refractivity contribution in [3.05, 3.63) is 0 Å². The minimum atomic E-state index is -1.93. The summed E-state index contributed by atoms with van der Waals surface area (Å²) in [6.07, 6.45) is 6.24. The second-order valence-corrected chi connectivity index (χ2v) is 5.20. The normalized spacial score (nSPS) is 14.2. The number of aliphatic imine (C=N–C) groups is 4. The summed E-state index contributed by atoms with van der Waals surface area (Å²) in [7, 11) is 0. The number of isocyanates is 4. The van der Waals surface area contributed by atoms with E-state index in [1.165, 1.54) is 24.3 Å². The second-order valence-electron chi connectivity index (χ2n) is 5.20. The maximum Gasteiger partial charge on any atom is 0.282 e. The first-order valence-corrected chi connectivity index (χ1v) is 6.20. The second kappa shape index (κ2) is 8.64. The fourth-order valence-corrected chi connectivity index (χ4v) is 2.16. The summed E-state index contributed by atoms with van der Waals surface area (Å²) in [5.74, 6) is -1.89. The molecule has 0 saturated heterocycles. The van der Waals surface area contributed by atoms with Crippen molar-refractivity contribution in [3.8, 4) is 0 Å². The van der Waals surface area contributed by atoms with Crippen LogP contribution in [0.3, 0.4) is 0 Å². The molecule has 0 aliphatic carbocycles. The molecule has 0 amide bonds. The van der Waals surface area contributed by atoms with Crippen LogP contribution >= 0.6 is 0 Å². The summed E-state index contributed by atoms with van der Waals surface area (Å²) in [5, 5.41) is 0. The number of nitrogens with zero attached hydrogens (tertiary/aromatic N) is 4. The Bertz CT molecular complexity index is 501. The van der Waals surface area contributed by atoms with E-state index in [2.05, 4.69) is 20.0 Å². The molecular weight excluding hydrogens is 276 g/mol. The van der Waals surface area contributed by atoms with Crippen molar-refractivity contribution in [2.75, 3.05) is 6.54 Å². The largest absolute Gasteiger partial charge is 0.282 e. The molecule has 1 atom stereocenters. The summed E-state index contributed by atoms with van der Waals surface area (Å²) in [4.78, 5) is 55.4. The summed E-state index contributed by atoms with van der Waals surface area (Å²) >= 11 is 0. The lowest BCUT2D eigenvalue weighted by molar-refractivity contribution is 0.141. The smallest absolute Gasteiger partial charge is 0.211 e. The van der Waals surface area contributed by atoms with E-state index in [1.807, 2.05) is 6.92 Å². The zero-order valence-corrected chi connectivity index (χ0v) is 12.1. The van der Waals surface area contributed by atoms with Crippen molar-refractivity contribution in [1.29, 1.82) is 0 Å². The van der Waals surface area contributed by atoms with Gasteiger partial charge < -0.3 is 0 Å². The van der Waals surface area contributed by atoms with Gasteiger partial charge in [0, 0.05) is 5.41 Å². The van der Waals surface area contributed by atoms with Crippen LogP contribution in [-0.4, -0.2) is 36.7 Å². The van der Waals surface area contributed by atoms with Crippen LogP contribution in [0.4, 0.5) is 0 Å². The van der Waals surface area contributed by atoms with Crippen LogP contribution < -0.4 is 0 Å². The van der Waals surface area contributed by atoms with Gasteiger partial charge in [-0.3, -0.25) is 0 Å². The van der Waals surface area contributed by atoms with Crippen molar-refractivity contribution < 1.29 is 19.2 Å². The molecule has 0 aliphatic heterocycles. The third-order valence-electron chi connectivity index (χ3n) is 3.17. The molecule has 0 fully saturated rings.